The van der Waals surface area contributed by atoms with Crippen LogP contribution in [0.4, 0.5) is 0 Å². The second-order valence-electron chi connectivity index (χ2n) is 4.93. The number of aromatic nitrogens is 4. The maximum atomic E-state index is 4.33. The fraction of sp³-hybridized carbons (Fsp3) is 0.538. The number of nitrogens with zero attached hydrogens (tertiary/aromatic N) is 5. The van der Waals surface area contributed by atoms with E-state index in [1.54, 1.807) is 0 Å². The van der Waals surface area contributed by atoms with Crippen LogP contribution in [0.5, 0.6) is 0 Å². The summed E-state index contributed by atoms with van der Waals surface area (Å²) in [5, 5.41) is 8.53. The van der Waals surface area contributed by atoms with Gasteiger partial charge in [0.15, 0.2) is 0 Å². The summed E-state index contributed by atoms with van der Waals surface area (Å²) in [4.78, 5) is 2.51. The normalized spacial score (nSPS) is 20.6. The summed E-state index contributed by atoms with van der Waals surface area (Å²) in [6.07, 6.45) is 8.06. The molecule has 0 saturated carbocycles. The molecule has 1 aliphatic heterocycles. The molecule has 3 rings (SSSR count). The first-order chi connectivity index (χ1) is 8.83. The zero-order valence-electron chi connectivity index (χ0n) is 10.7. The second kappa shape index (κ2) is 4.94. The van der Waals surface area contributed by atoms with Crippen LogP contribution in [0.3, 0.4) is 0 Å². The van der Waals surface area contributed by atoms with Crippen molar-refractivity contribution in [2.45, 2.75) is 18.9 Å². The average Bonchev–Trinajstić information content (AvgIpc) is 3.08. The van der Waals surface area contributed by atoms with Gasteiger partial charge in [0, 0.05) is 57.4 Å². The minimum Gasteiger partial charge on any atom is -0.301 e. The van der Waals surface area contributed by atoms with Crippen LogP contribution in [-0.2, 0) is 13.5 Å². The second-order valence-corrected chi connectivity index (χ2v) is 4.93. The van der Waals surface area contributed by atoms with E-state index in [4.69, 9.17) is 0 Å². The third-order valence-corrected chi connectivity index (χ3v) is 3.75. The van der Waals surface area contributed by atoms with Crippen molar-refractivity contribution in [3.05, 3.63) is 36.4 Å². The molecular weight excluding hydrogens is 226 g/mol. The first kappa shape index (κ1) is 11.5. The molecule has 1 saturated heterocycles. The number of hydrogen-bond acceptors (Lipinski definition) is 3. The van der Waals surface area contributed by atoms with Crippen LogP contribution in [0.1, 0.15) is 18.2 Å². The van der Waals surface area contributed by atoms with Gasteiger partial charge in [-0.15, -0.1) is 0 Å². The largest absolute Gasteiger partial charge is 0.301 e. The molecule has 0 amide bonds. The van der Waals surface area contributed by atoms with Gasteiger partial charge in [0.1, 0.15) is 0 Å². The molecule has 1 fully saturated rings. The van der Waals surface area contributed by atoms with Crippen LogP contribution in [0.2, 0.25) is 0 Å². The monoisotopic (exact) mass is 245 g/mol. The summed E-state index contributed by atoms with van der Waals surface area (Å²) in [6, 6.07) is 4.64. The van der Waals surface area contributed by atoms with Gasteiger partial charge in [-0.25, -0.2) is 0 Å². The molecule has 3 heterocycles. The van der Waals surface area contributed by atoms with Gasteiger partial charge < -0.3 is 4.90 Å². The topological polar surface area (TPSA) is 38.9 Å². The van der Waals surface area contributed by atoms with E-state index < -0.39 is 0 Å². The fourth-order valence-corrected chi connectivity index (χ4v) is 2.65. The highest BCUT2D eigenvalue weighted by molar-refractivity contribution is 5.00. The van der Waals surface area contributed by atoms with E-state index in [1.807, 2.05) is 30.2 Å². The Balaban J connectivity index is 1.52. The molecule has 1 atom stereocenters. The molecule has 1 unspecified atom stereocenters. The lowest BCUT2D eigenvalue weighted by Gasteiger charge is -2.16. The predicted octanol–water partition coefficient (Wildman–Crippen LogP) is 1.11. The van der Waals surface area contributed by atoms with Crippen molar-refractivity contribution in [1.82, 2.24) is 24.5 Å². The summed E-state index contributed by atoms with van der Waals surface area (Å²) in [7, 11) is 2.01. The molecule has 0 spiro atoms. The molecule has 0 aliphatic carbocycles. The van der Waals surface area contributed by atoms with Gasteiger partial charge in [-0.05, 0) is 18.6 Å². The fourth-order valence-electron chi connectivity index (χ4n) is 2.65. The van der Waals surface area contributed by atoms with Crippen LogP contribution in [0.15, 0.2) is 30.7 Å². The summed E-state index contributed by atoms with van der Waals surface area (Å²) < 4.78 is 4.05. The molecule has 5 nitrogen and oxygen atoms in total. The number of likely N-dealkylation sites (tertiary alicyclic amines) is 1. The standard InChI is InChI=1S/C13H19N5/c1-16-12(3-7-14-16)4-9-17-10-5-13(11-17)18-8-2-6-15-18/h2-3,6-8,13H,4-5,9-11H2,1H3. The minimum absolute atomic E-state index is 0.548. The number of aryl methyl sites for hydroxylation is 1. The maximum Gasteiger partial charge on any atom is 0.0658 e. The lowest BCUT2D eigenvalue weighted by atomic mass is 10.3. The third-order valence-electron chi connectivity index (χ3n) is 3.75. The van der Waals surface area contributed by atoms with Gasteiger partial charge in [0.05, 0.1) is 6.04 Å². The molecule has 1 aliphatic rings. The maximum absolute atomic E-state index is 4.33. The van der Waals surface area contributed by atoms with Gasteiger partial charge in [0.2, 0.25) is 0 Å². The number of rotatable bonds is 4. The van der Waals surface area contributed by atoms with Crippen LogP contribution in [-0.4, -0.2) is 44.1 Å². The average molecular weight is 245 g/mol. The highest BCUT2D eigenvalue weighted by Gasteiger charge is 2.23. The summed E-state index contributed by atoms with van der Waals surface area (Å²) in [6.45, 7) is 3.39. The first-order valence-corrected chi connectivity index (χ1v) is 6.51. The highest BCUT2D eigenvalue weighted by atomic mass is 15.3. The van der Waals surface area contributed by atoms with Crippen molar-refractivity contribution in [1.29, 1.82) is 0 Å². The van der Waals surface area contributed by atoms with E-state index in [-0.39, 0.29) is 0 Å². The predicted molar refractivity (Wildman–Crippen MR) is 69.2 cm³/mol. The van der Waals surface area contributed by atoms with Crippen molar-refractivity contribution < 1.29 is 0 Å². The molecule has 0 N–H and O–H groups in total. The highest BCUT2D eigenvalue weighted by Crippen LogP contribution is 2.20. The van der Waals surface area contributed by atoms with Gasteiger partial charge in [-0.3, -0.25) is 9.36 Å². The zero-order chi connectivity index (χ0) is 12.4. The van der Waals surface area contributed by atoms with Crippen molar-refractivity contribution in [2.75, 3.05) is 19.6 Å². The van der Waals surface area contributed by atoms with Crippen molar-refractivity contribution in [3.8, 4) is 0 Å². The Labute approximate surface area is 107 Å². The summed E-state index contributed by atoms with van der Waals surface area (Å²) in [5.74, 6) is 0. The Morgan fingerprint density at radius 3 is 3.00 bits per heavy atom. The Morgan fingerprint density at radius 1 is 1.33 bits per heavy atom. The molecule has 0 bridgehead atoms. The first-order valence-electron chi connectivity index (χ1n) is 6.51. The smallest absolute Gasteiger partial charge is 0.0658 e. The van der Waals surface area contributed by atoms with Crippen molar-refractivity contribution in [2.24, 2.45) is 7.05 Å². The van der Waals surface area contributed by atoms with Gasteiger partial charge in [-0.1, -0.05) is 0 Å². The molecule has 2 aromatic rings. The molecule has 96 valence electrons. The number of hydrogen-bond donors (Lipinski definition) is 0. The molecule has 5 heteroatoms. The Hall–Kier alpha value is -1.62. The Morgan fingerprint density at radius 2 is 2.28 bits per heavy atom. The van der Waals surface area contributed by atoms with E-state index in [1.165, 1.54) is 18.7 Å². The Bertz CT molecular complexity index is 487. The van der Waals surface area contributed by atoms with Crippen molar-refractivity contribution in [3.63, 3.8) is 0 Å². The summed E-state index contributed by atoms with van der Waals surface area (Å²) in [5.41, 5.74) is 1.30. The van der Waals surface area contributed by atoms with E-state index in [0.29, 0.717) is 6.04 Å². The van der Waals surface area contributed by atoms with Crippen LogP contribution >= 0.6 is 0 Å². The molecular formula is C13H19N5. The molecule has 0 aromatic carbocycles. The Kier molecular flexibility index (Phi) is 3.15. The quantitative estimate of drug-likeness (QED) is 0.810. The van der Waals surface area contributed by atoms with E-state index >= 15 is 0 Å². The molecule has 2 aromatic heterocycles. The third kappa shape index (κ3) is 2.31. The minimum atomic E-state index is 0.548. The lowest BCUT2D eigenvalue weighted by Crippen LogP contribution is -2.24. The summed E-state index contributed by atoms with van der Waals surface area (Å²) >= 11 is 0. The zero-order valence-corrected chi connectivity index (χ0v) is 10.7. The molecule has 18 heavy (non-hydrogen) atoms. The van der Waals surface area contributed by atoms with E-state index in [0.717, 1.165) is 19.5 Å². The van der Waals surface area contributed by atoms with E-state index in [2.05, 4.69) is 32.0 Å². The SMILES string of the molecule is Cn1nccc1CCN1CCC(n2cccn2)C1. The van der Waals surface area contributed by atoms with Crippen molar-refractivity contribution >= 4 is 0 Å². The van der Waals surface area contributed by atoms with E-state index in [9.17, 15) is 0 Å². The van der Waals surface area contributed by atoms with Gasteiger partial charge in [0.25, 0.3) is 0 Å². The van der Waals surface area contributed by atoms with Crippen LogP contribution < -0.4 is 0 Å². The van der Waals surface area contributed by atoms with Gasteiger partial charge in [-0.2, -0.15) is 10.2 Å². The molecule has 0 radical (unpaired) electrons. The van der Waals surface area contributed by atoms with Crippen LogP contribution in [0, 0.1) is 0 Å². The van der Waals surface area contributed by atoms with Gasteiger partial charge >= 0.3 is 0 Å². The lowest BCUT2D eigenvalue weighted by molar-refractivity contribution is 0.320. The van der Waals surface area contributed by atoms with Crippen LogP contribution in [0.25, 0.3) is 0 Å².